The zero-order valence-electron chi connectivity index (χ0n) is 12.2. The molecule has 0 aliphatic heterocycles. The predicted octanol–water partition coefficient (Wildman–Crippen LogP) is 2.44. The number of aliphatic hydroxyl groups excluding tert-OH is 1. The minimum Gasteiger partial charge on any atom is -0.508 e. The van der Waals surface area contributed by atoms with Crippen LogP contribution in [0.15, 0.2) is 36.1 Å². The van der Waals surface area contributed by atoms with Crippen LogP contribution < -0.4 is 4.74 Å². The van der Waals surface area contributed by atoms with E-state index in [-0.39, 0.29) is 23.0 Å². The van der Waals surface area contributed by atoms with Gasteiger partial charge in [-0.05, 0) is 30.7 Å². The number of carbonyl (C=O) groups is 1. The van der Waals surface area contributed by atoms with Crippen LogP contribution in [-0.4, -0.2) is 23.0 Å². The maximum absolute atomic E-state index is 10.7. The molecule has 0 heterocycles. The molecule has 0 spiro atoms. The molecule has 1 aromatic rings. The molecule has 0 saturated heterocycles. The molecule has 0 atom stereocenters. The SMILES string of the molecule is [2H]C([2H])([2H])Oc1cc(/C=C/C(O)=C/C(C)=O)ccc1O. The largest absolute Gasteiger partial charge is 0.508 e. The molecule has 0 saturated carbocycles. The third-order valence-corrected chi connectivity index (χ3v) is 1.89. The lowest BCUT2D eigenvalue weighted by Gasteiger charge is -2.03. The van der Waals surface area contributed by atoms with Gasteiger partial charge in [-0.25, -0.2) is 0 Å². The molecule has 17 heavy (non-hydrogen) atoms. The van der Waals surface area contributed by atoms with E-state index in [1.54, 1.807) is 0 Å². The molecular weight excluding hydrogens is 220 g/mol. The smallest absolute Gasteiger partial charge is 0.161 e. The number of methoxy groups -OCH3 is 1. The number of phenols is 1. The zero-order chi connectivity index (χ0) is 15.3. The summed E-state index contributed by atoms with van der Waals surface area (Å²) in [6.07, 6.45) is 3.75. The van der Waals surface area contributed by atoms with Gasteiger partial charge in [0.05, 0.1) is 11.2 Å². The number of carbonyl (C=O) groups excluding carboxylic acids is 1. The molecule has 0 aliphatic carbocycles. The molecule has 1 aromatic carbocycles. The topological polar surface area (TPSA) is 66.8 Å². The van der Waals surface area contributed by atoms with Crippen LogP contribution in [0.5, 0.6) is 11.5 Å². The second-order valence-electron chi connectivity index (χ2n) is 3.34. The molecular formula is C13H14O4. The number of benzene rings is 1. The first-order valence-electron chi connectivity index (χ1n) is 6.29. The molecule has 4 heteroatoms. The summed E-state index contributed by atoms with van der Waals surface area (Å²) in [5.41, 5.74) is 0.491. The first-order valence-corrected chi connectivity index (χ1v) is 4.79. The second-order valence-corrected chi connectivity index (χ2v) is 3.34. The Morgan fingerprint density at radius 1 is 1.53 bits per heavy atom. The van der Waals surface area contributed by atoms with Gasteiger partial charge in [0, 0.05) is 6.08 Å². The summed E-state index contributed by atoms with van der Waals surface area (Å²) >= 11 is 0. The van der Waals surface area contributed by atoms with Crippen molar-refractivity contribution in [3.8, 4) is 11.5 Å². The number of hydrogen-bond donors (Lipinski definition) is 2. The maximum Gasteiger partial charge on any atom is 0.161 e. The second kappa shape index (κ2) is 5.75. The van der Waals surface area contributed by atoms with Gasteiger partial charge in [0.25, 0.3) is 0 Å². The Bertz CT molecular complexity index is 559. The molecule has 0 aliphatic rings. The van der Waals surface area contributed by atoms with Gasteiger partial charge in [0.15, 0.2) is 17.3 Å². The van der Waals surface area contributed by atoms with Crippen LogP contribution in [0.2, 0.25) is 0 Å². The number of ketones is 1. The Labute approximate surface area is 104 Å². The molecule has 0 aromatic heterocycles. The van der Waals surface area contributed by atoms with E-state index in [9.17, 15) is 15.0 Å². The van der Waals surface area contributed by atoms with Crippen molar-refractivity contribution in [3.05, 3.63) is 41.7 Å². The highest BCUT2D eigenvalue weighted by molar-refractivity contribution is 5.88. The fraction of sp³-hybridized carbons (Fsp3) is 0.154. The van der Waals surface area contributed by atoms with Crippen molar-refractivity contribution in [2.24, 2.45) is 0 Å². The molecule has 0 bridgehead atoms. The predicted molar refractivity (Wildman–Crippen MR) is 65.1 cm³/mol. The van der Waals surface area contributed by atoms with Crippen LogP contribution in [0.3, 0.4) is 0 Å². The van der Waals surface area contributed by atoms with Crippen LogP contribution in [-0.2, 0) is 4.79 Å². The molecule has 0 radical (unpaired) electrons. The number of aromatic hydroxyl groups is 1. The van der Waals surface area contributed by atoms with Crippen molar-refractivity contribution in [1.29, 1.82) is 0 Å². The fourth-order valence-corrected chi connectivity index (χ4v) is 1.15. The molecule has 0 amide bonds. The fourth-order valence-electron chi connectivity index (χ4n) is 1.15. The highest BCUT2D eigenvalue weighted by Crippen LogP contribution is 2.26. The van der Waals surface area contributed by atoms with E-state index in [0.717, 1.165) is 6.08 Å². The van der Waals surface area contributed by atoms with Crippen LogP contribution in [0, 0.1) is 0 Å². The lowest BCUT2D eigenvalue weighted by atomic mass is 10.2. The van der Waals surface area contributed by atoms with Gasteiger partial charge in [0.1, 0.15) is 5.76 Å². The Morgan fingerprint density at radius 2 is 2.29 bits per heavy atom. The van der Waals surface area contributed by atoms with Gasteiger partial charge >= 0.3 is 0 Å². The molecule has 2 N–H and O–H groups in total. The van der Waals surface area contributed by atoms with E-state index in [0.29, 0.717) is 5.56 Å². The van der Waals surface area contributed by atoms with Crippen molar-refractivity contribution < 1.29 is 23.9 Å². The third kappa shape index (κ3) is 4.03. The Morgan fingerprint density at radius 3 is 2.94 bits per heavy atom. The lowest BCUT2D eigenvalue weighted by Crippen LogP contribution is -1.86. The highest BCUT2D eigenvalue weighted by Gasteiger charge is 2.00. The first-order chi connectivity index (χ1) is 9.17. The van der Waals surface area contributed by atoms with Gasteiger partial charge in [-0.2, -0.15) is 0 Å². The molecule has 1 rings (SSSR count). The summed E-state index contributed by atoms with van der Waals surface area (Å²) in [5.74, 6) is -1.03. The minimum atomic E-state index is -2.67. The number of hydrogen-bond acceptors (Lipinski definition) is 4. The number of ether oxygens (including phenoxy) is 1. The van der Waals surface area contributed by atoms with Gasteiger partial charge in [-0.1, -0.05) is 12.1 Å². The van der Waals surface area contributed by atoms with Gasteiger partial charge in [-0.3, -0.25) is 4.79 Å². The van der Waals surface area contributed by atoms with Crippen molar-refractivity contribution in [3.63, 3.8) is 0 Å². The molecule has 4 nitrogen and oxygen atoms in total. The number of phenolic OH excluding ortho intramolecular Hbond substituents is 1. The van der Waals surface area contributed by atoms with E-state index in [1.165, 1.54) is 37.3 Å². The first kappa shape index (κ1) is 8.87. The molecule has 0 fully saturated rings. The van der Waals surface area contributed by atoms with Crippen LogP contribution in [0.1, 0.15) is 16.6 Å². The molecule has 0 unspecified atom stereocenters. The standard InChI is InChI=1S/C13H14O4/c1-9(14)7-11(15)5-3-10-4-6-12(16)13(8-10)17-2/h3-8,15-16H,1-2H3/b5-3+,11-7-/i2D3. The quantitative estimate of drug-likeness (QED) is 0.479. The van der Waals surface area contributed by atoms with E-state index in [2.05, 4.69) is 4.74 Å². The number of allylic oxidation sites excluding steroid dienone is 2. The minimum absolute atomic E-state index is 0.192. The zero-order valence-corrected chi connectivity index (χ0v) is 9.18. The van der Waals surface area contributed by atoms with E-state index < -0.39 is 7.04 Å². The van der Waals surface area contributed by atoms with Gasteiger partial charge in [-0.15, -0.1) is 0 Å². The highest BCUT2D eigenvalue weighted by atomic mass is 16.5. The van der Waals surface area contributed by atoms with Crippen molar-refractivity contribution in [2.75, 3.05) is 7.04 Å². The summed E-state index contributed by atoms with van der Waals surface area (Å²) in [4.78, 5) is 10.7. The Hall–Kier alpha value is -2.23. The van der Waals surface area contributed by atoms with Gasteiger partial charge < -0.3 is 14.9 Å². The normalized spacial score (nSPS) is 15.1. The number of aliphatic hydroxyl groups is 1. The summed E-state index contributed by atoms with van der Waals surface area (Å²) in [5, 5.41) is 18.9. The van der Waals surface area contributed by atoms with Crippen LogP contribution >= 0.6 is 0 Å². The summed E-state index contributed by atoms with van der Waals surface area (Å²) in [7, 11) is -2.67. The Balaban J connectivity index is 2.96. The average molecular weight is 237 g/mol. The average Bonchev–Trinajstić information content (AvgIpc) is 2.27. The third-order valence-electron chi connectivity index (χ3n) is 1.89. The van der Waals surface area contributed by atoms with Gasteiger partial charge in [0.2, 0.25) is 0 Å². The van der Waals surface area contributed by atoms with Crippen LogP contribution in [0.4, 0.5) is 0 Å². The van der Waals surface area contributed by atoms with Crippen molar-refractivity contribution >= 4 is 11.9 Å². The van der Waals surface area contributed by atoms with Crippen molar-refractivity contribution in [2.45, 2.75) is 6.92 Å². The van der Waals surface area contributed by atoms with E-state index in [1.807, 2.05) is 0 Å². The number of rotatable bonds is 4. The summed E-state index contributed by atoms with van der Waals surface area (Å²) in [6.45, 7) is 1.30. The lowest BCUT2D eigenvalue weighted by molar-refractivity contribution is -0.112. The Kier molecular flexibility index (Phi) is 3.00. The monoisotopic (exact) mass is 237 g/mol. The van der Waals surface area contributed by atoms with Crippen LogP contribution in [0.25, 0.3) is 6.08 Å². The summed E-state index contributed by atoms with van der Waals surface area (Å²) < 4.78 is 25.6. The van der Waals surface area contributed by atoms with E-state index in [4.69, 9.17) is 4.11 Å². The summed E-state index contributed by atoms with van der Waals surface area (Å²) in [6, 6.07) is 4.07. The van der Waals surface area contributed by atoms with Crippen molar-refractivity contribution in [1.82, 2.24) is 0 Å². The molecule has 90 valence electrons. The van der Waals surface area contributed by atoms with E-state index >= 15 is 0 Å². The maximum atomic E-state index is 10.7.